The Morgan fingerprint density at radius 2 is 1.73 bits per heavy atom. The minimum Gasteiger partial charge on any atom is -0.489 e. The third kappa shape index (κ3) is 4.35. The number of benzene rings is 2. The summed E-state index contributed by atoms with van der Waals surface area (Å²) in [6, 6.07) is 8.92. The van der Waals surface area contributed by atoms with E-state index in [0.29, 0.717) is 72.4 Å². The van der Waals surface area contributed by atoms with E-state index in [2.05, 4.69) is 5.32 Å². The van der Waals surface area contributed by atoms with Gasteiger partial charge in [0, 0.05) is 36.2 Å². The van der Waals surface area contributed by atoms with Crippen LogP contribution in [0.15, 0.2) is 30.3 Å². The van der Waals surface area contributed by atoms with Crippen molar-refractivity contribution in [2.24, 2.45) is 0 Å². The molecule has 2 aromatic carbocycles. The molecule has 0 radical (unpaired) electrons. The Morgan fingerprint density at radius 3 is 2.50 bits per heavy atom. The van der Waals surface area contributed by atoms with Crippen LogP contribution in [0.5, 0.6) is 11.5 Å². The minimum atomic E-state index is -0.769. The van der Waals surface area contributed by atoms with Crippen molar-refractivity contribution >= 4 is 40.7 Å². The average Bonchev–Trinajstić information content (AvgIpc) is 2.98. The highest BCUT2D eigenvalue weighted by Gasteiger charge is 2.43. The van der Waals surface area contributed by atoms with Crippen LogP contribution < -0.4 is 14.8 Å². The molecule has 2 aromatic rings. The highest BCUT2D eigenvalue weighted by atomic mass is 35.5. The van der Waals surface area contributed by atoms with Crippen LogP contribution in [0.4, 0.5) is 0 Å². The predicted octanol–water partition coefficient (Wildman–Crippen LogP) is 5.17. The molecule has 0 spiro atoms. The number of carbonyl (C=O) groups is 1. The Kier molecular flexibility index (Phi) is 6.63. The third-order valence-electron chi connectivity index (χ3n) is 5.54. The SMILES string of the molecule is O=C(NCc1cc(Cl)c2c(c1)OCCCO2)C1(c2ccc(Cl)cc2Cl)CCOCC1. The van der Waals surface area contributed by atoms with E-state index in [9.17, 15) is 4.79 Å². The summed E-state index contributed by atoms with van der Waals surface area (Å²) in [5.41, 5.74) is 0.836. The topological polar surface area (TPSA) is 56.8 Å². The number of hydrogen-bond acceptors (Lipinski definition) is 4. The van der Waals surface area contributed by atoms with Gasteiger partial charge in [0.1, 0.15) is 0 Å². The lowest BCUT2D eigenvalue weighted by molar-refractivity contribution is -0.130. The van der Waals surface area contributed by atoms with Gasteiger partial charge in [-0.25, -0.2) is 0 Å². The summed E-state index contributed by atoms with van der Waals surface area (Å²) in [6.07, 6.45) is 1.88. The first-order chi connectivity index (χ1) is 14.5. The second kappa shape index (κ2) is 9.23. The molecule has 30 heavy (non-hydrogen) atoms. The smallest absolute Gasteiger partial charge is 0.231 e. The average molecular weight is 471 g/mol. The van der Waals surface area contributed by atoms with Crippen LogP contribution in [0.1, 0.15) is 30.4 Å². The Labute approximate surface area is 190 Å². The van der Waals surface area contributed by atoms with Gasteiger partial charge in [0.2, 0.25) is 5.91 Å². The molecule has 2 heterocycles. The predicted molar refractivity (Wildman–Crippen MR) is 117 cm³/mol. The summed E-state index contributed by atoms with van der Waals surface area (Å²) in [7, 11) is 0. The van der Waals surface area contributed by atoms with Crippen molar-refractivity contribution in [1.29, 1.82) is 0 Å². The van der Waals surface area contributed by atoms with E-state index in [1.54, 1.807) is 18.2 Å². The first kappa shape index (κ1) is 21.6. The monoisotopic (exact) mass is 469 g/mol. The van der Waals surface area contributed by atoms with Gasteiger partial charge in [0.15, 0.2) is 11.5 Å². The first-order valence-electron chi connectivity index (χ1n) is 9.89. The fraction of sp³-hybridized carbons (Fsp3) is 0.409. The third-order valence-corrected chi connectivity index (χ3v) is 6.37. The van der Waals surface area contributed by atoms with E-state index in [1.165, 1.54) is 0 Å². The van der Waals surface area contributed by atoms with Crippen LogP contribution >= 0.6 is 34.8 Å². The van der Waals surface area contributed by atoms with Crippen LogP contribution in [-0.2, 0) is 21.5 Å². The highest BCUT2D eigenvalue weighted by molar-refractivity contribution is 6.35. The lowest BCUT2D eigenvalue weighted by Crippen LogP contribution is -2.48. The van der Waals surface area contributed by atoms with E-state index in [1.807, 2.05) is 12.1 Å². The summed E-state index contributed by atoms with van der Waals surface area (Å²) < 4.78 is 16.9. The van der Waals surface area contributed by atoms with Gasteiger partial charge < -0.3 is 19.5 Å². The molecule has 2 aliphatic rings. The van der Waals surface area contributed by atoms with Crippen molar-refractivity contribution in [3.63, 3.8) is 0 Å². The molecule has 0 atom stereocenters. The number of carbonyl (C=O) groups excluding carboxylic acids is 1. The molecule has 8 heteroatoms. The van der Waals surface area contributed by atoms with Crippen LogP contribution in [0.3, 0.4) is 0 Å². The van der Waals surface area contributed by atoms with E-state index in [-0.39, 0.29) is 5.91 Å². The molecule has 1 fully saturated rings. The number of amides is 1. The van der Waals surface area contributed by atoms with Crippen molar-refractivity contribution in [2.75, 3.05) is 26.4 Å². The fourth-order valence-corrected chi connectivity index (χ4v) is 4.83. The van der Waals surface area contributed by atoms with Gasteiger partial charge in [0.05, 0.1) is 23.7 Å². The van der Waals surface area contributed by atoms with Crippen LogP contribution in [0.2, 0.25) is 15.1 Å². The molecular weight excluding hydrogens is 449 g/mol. The van der Waals surface area contributed by atoms with Crippen molar-refractivity contribution in [2.45, 2.75) is 31.2 Å². The van der Waals surface area contributed by atoms with Gasteiger partial charge in [-0.3, -0.25) is 4.79 Å². The maximum absolute atomic E-state index is 13.4. The van der Waals surface area contributed by atoms with Crippen molar-refractivity contribution in [1.82, 2.24) is 5.32 Å². The maximum Gasteiger partial charge on any atom is 0.231 e. The van der Waals surface area contributed by atoms with E-state index in [4.69, 9.17) is 49.0 Å². The zero-order valence-corrected chi connectivity index (χ0v) is 18.6. The highest BCUT2D eigenvalue weighted by Crippen LogP contribution is 2.41. The number of rotatable bonds is 4. The summed E-state index contributed by atoms with van der Waals surface area (Å²) in [5.74, 6) is 1.06. The molecule has 1 N–H and O–H groups in total. The second-order valence-electron chi connectivity index (χ2n) is 7.46. The van der Waals surface area contributed by atoms with E-state index >= 15 is 0 Å². The molecular formula is C22H22Cl3NO4. The standard InChI is InChI=1S/C22H22Cl3NO4/c23-15-2-3-16(17(24)12-15)22(4-8-28-9-5-22)21(27)26-13-14-10-18(25)20-19(11-14)29-6-1-7-30-20/h2-3,10-12H,1,4-9,13H2,(H,26,27). The van der Waals surface area contributed by atoms with Crippen molar-refractivity contribution in [3.8, 4) is 11.5 Å². The number of fused-ring (bicyclic) bond motifs is 1. The Morgan fingerprint density at radius 1 is 0.967 bits per heavy atom. The second-order valence-corrected chi connectivity index (χ2v) is 8.71. The molecule has 5 nitrogen and oxygen atoms in total. The van der Waals surface area contributed by atoms with Crippen LogP contribution in [-0.4, -0.2) is 32.3 Å². The Bertz CT molecular complexity index is 944. The molecule has 0 aromatic heterocycles. The van der Waals surface area contributed by atoms with Crippen molar-refractivity contribution < 1.29 is 19.0 Å². The quantitative estimate of drug-likeness (QED) is 0.669. The molecule has 1 amide bonds. The zero-order valence-electron chi connectivity index (χ0n) is 16.3. The summed E-state index contributed by atoms with van der Waals surface area (Å²) >= 11 is 18.9. The maximum atomic E-state index is 13.4. The zero-order chi connectivity index (χ0) is 21.1. The lowest BCUT2D eigenvalue weighted by Gasteiger charge is -2.37. The molecule has 1 saturated heterocycles. The van der Waals surface area contributed by atoms with Crippen molar-refractivity contribution in [3.05, 3.63) is 56.5 Å². The number of nitrogens with one attached hydrogen (secondary N) is 1. The molecule has 0 saturated carbocycles. The molecule has 0 aliphatic carbocycles. The van der Waals surface area contributed by atoms with Gasteiger partial charge >= 0.3 is 0 Å². The minimum absolute atomic E-state index is 0.0988. The number of hydrogen-bond donors (Lipinski definition) is 1. The lowest BCUT2D eigenvalue weighted by atomic mass is 9.73. The molecule has 4 rings (SSSR count). The summed E-state index contributed by atoms with van der Waals surface area (Å²) in [6.45, 7) is 2.42. The van der Waals surface area contributed by atoms with E-state index < -0.39 is 5.41 Å². The molecule has 160 valence electrons. The number of halogens is 3. The molecule has 2 aliphatic heterocycles. The normalized spacial score (nSPS) is 17.8. The van der Waals surface area contributed by atoms with Gasteiger partial charge in [-0.1, -0.05) is 40.9 Å². The number of ether oxygens (including phenoxy) is 3. The Balaban J connectivity index is 1.57. The van der Waals surface area contributed by atoms with Gasteiger partial charge in [-0.15, -0.1) is 0 Å². The van der Waals surface area contributed by atoms with Crippen LogP contribution in [0, 0.1) is 0 Å². The van der Waals surface area contributed by atoms with Gasteiger partial charge in [-0.05, 0) is 48.2 Å². The van der Waals surface area contributed by atoms with E-state index in [0.717, 1.165) is 17.5 Å². The van der Waals surface area contributed by atoms with Crippen LogP contribution in [0.25, 0.3) is 0 Å². The fourth-order valence-electron chi connectivity index (χ4n) is 3.95. The van der Waals surface area contributed by atoms with Gasteiger partial charge in [-0.2, -0.15) is 0 Å². The molecule has 0 bridgehead atoms. The Hall–Kier alpha value is -1.66. The summed E-state index contributed by atoms with van der Waals surface area (Å²) in [5, 5.41) is 4.55. The van der Waals surface area contributed by atoms with Gasteiger partial charge in [0.25, 0.3) is 0 Å². The largest absolute Gasteiger partial charge is 0.489 e. The summed E-state index contributed by atoms with van der Waals surface area (Å²) in [4.78, 5) is 13.4. The first-order valence-corrected chi connectivity index (χ1v) is 11.0. The molecule has 0 unspecified atom stereocenters.